The lowest BCUT2D eigenvalue weighted by Crippen LogP contribution is -2.05. The van der Waals surface area contributed by atoms with Crippen LogP contribution in [0.4, 0.5) is 11.4 Å². The van der Waals surface area contributed by atoms with Crippen LogP contribution >= 0.6 is 0 Å². The van der Waals surface area contributed by atoms with E-state index in [4.69, 9.17) is 0 Å². The number of phenolic OH excluding ortho intramolecular Hbond substituents is 2. The van der Waals surface area contributed by atoms with Gasteiger partial charge in [0.1, 0.15) is 22.9 Å². The molecule has 0 saturated heterocycles. The van der Waals surface area contributed by atoms with E-state index >= 15 is 0 Å². The summed E-state index contributed by atoms with van der Waals surface area (Å²) in [5.41, 5.74) is 6.08. The molecule has 2 aliphatic rings. The van der Waals surface area contributed by atoms with E-state index in [0.717, 1.165) is 48.2 Å². The van der Waals surface area contributed by atoms with E-state index in [9.17, 15) is 10.2 Å². The van der Waals surface area contributed by atoms with Gasteiger partial charge in [-0.1, -0.05) is 76.3 Å². The fourth-order valence-corrected chi connectivity index (χ4v) is 6.72. The van der Waals surface area contributed by atoms with Crippen molar-refractivity contribution in [1.82, 2.24) is 0 Å². The van der Waals surface area contributed by atoms with E-state index in [2.05, 4.69) is 36.0 Å². The molecular formula is C36H52N2O2. The van der Waals surface area contributed by atoms with E-state index in [0.29, 0.717) is 23.3 Å². The third-order valence-corrected chi connectivity index (χ3v) is 8.99. The number of aryl methyl sites for hydroxylation is 2. The summed E-state index contributed by atoms with van der Waals surface area (Å²) in [5.74, 6) is 1.78. The van der Waals surface area contributed by atoms with Crippen LogP contribution in [0.15, 0.2) is 34.3 Å². The molecule has 0 unspecified atom stereocenters. The molecule has 40 heavy (non-hydrogen) atoms. The first kappa shape index (κ1) is 30.3. The minimum Gasteiger partial charge on any atom is -0.505 e. The van der Waals surface area contributed by atoms with Crippen molar-refractivity contribution in [3.8, 4) is 11.5 Å². The average molecular weight is 545 g/mol. The van der Waals surface area contributed by atoms with Gasteiger partial charge >= 0.3 is 0 Å². The molecule has 4 rings (SSSR count). The van der Waals surface area contributed by atoms with Crippen molar-refractivity contribution in [3.05, 3.63) is 46.5 Å². The smallest absolute Gasteiger partial charge is 0.144 e. The van der Waals surface area contributed by atoms with Crippen molar-refractivity contribution >= 4 is 23.8 Å². The predicted octanol–water partition coefficient (Wildman–Crippen LogP) is 11.0. The van der Waals surface area contributed by atoms with Crippen molar-refractivity contribution in [2.75, 3.05) is 0 Å². The SMILES string of the molecule is Cc1cc(N=CCCCCCCCCC=Nc2cc(C)cc(C3CCCCC3)c2O)c(O)c(C2CCCCC2)c1. The molecule has 0 aliphatic heterocycles. The summed E-state index contributed by atoms with van der Waals surface area (Å²) in [7, 11) is 0. The predicted molar refractivity (Wildman–Crippen MR) is 171 cm³/mol. The lowest BCUT2D eigenvalue weighted by Gasteiger charge is -2.23. The van der Waals surface area contributed by atoms with E-state index in [1.54, 1.807) is 0 Å². The van der Waals surface area contributed by atoms with E-state index in [1.165, 1.54) is 101 Å². The van der Waals surface area contributed by atoms with Crippen LogP contribution in [0.3, 0.4) is 0 Å². The van der Waals surface area contributed by atoms with E-state index < -0.39 is 0 Å². The number of hydrogen-bond donors (Lipinski definition) is 2. The van der Waals surface area contributed by atoms with Gasteiger partial charge in [0.15, 0.2) is 0 Å². The third kappa shape index (κ3) is 8.94. The maximum Gasteiger partial charge on any atom is 0.144 e. The molecule has 0 atom stereocenters. The zero-order valence-electron chi connectivity index (χ0n) is 25.1. The minimum absolute atomic E-state index is 0.402. The van der Waals surface area contributed by atoms with Gasteiger partial charge in [0.2, 0.25) is 0 Å². The molecule has 2 aliphatic carbocycles. The average Bonchev–Trinajstić information content (AvgIpc) is 2.97. The van der Waals surface area contributed by atoms with Crippen molar-refractivity contribution in [3.63, 3.8) is 0 Å². The molecule has 2 fully saturated rings. The highest BCUT2D eigenvalue weighted by molar-refractivity contribution is 5.69. The second kappa shape index (κ2) is 16.0. The van der Waals surface area contributed by atoms with Crippen LogP contribution in [0.5, 0.6) is 11.5 Å². The zero-order chi connectivity index (χ0) is 28.2. The molecule has 2 aromatic rings. The fourth-order valence-electron chi connectivity index (χ4n) is 6.72. The van der Waals surface area contributed by atoms with Gasteiger partial charge in [-0.25, -0.2) is 0 Å². The molecule has 0 aromatic heterocycles. The first-order valence-electron chi connectivity index (χ1n) is 16.2. The monoisotopic (exact) mass is 544 g/mol. The Bertz CT molecular complexity index is 1030. The molecule has 2 N–H and O–H groups in total. The molecule has 0 radical (unpaired) electrons. The Kier molecular flexibility index (Phi) is 12.1. The third-order valence-electron chi connectivity index (χ3n) is 8.99. The molecule has 0 heterocycles. The second-order valence-electron chi connectivity index (χ2n) is 12.4. The number of phenols is 2. The highest BCUT2D eigenvalue weighted by atomic mass is 16.3. The lowest BCUT2D eigenvalue weighted by atomic mass is 9.83. The first-order valence-corrected chi connectivity index (χ1v) is 16.2. The van der Waals surface area contributed by atoms with Gasteiger partial charge in [-0.3, -0.25) is 9.98 Å². The van der Waals surface area contributed by atoms with Crippen molar-refractivity contribution in [1.29, 1.82) is 0 Å². The molecule has 2 aromatic carbocycles. The van der Waals surface area contributed by atoms with Crippen LogP contribution in [-0.4, -0.2) is 22.6 Å². The molecule has 0 amide bonds. The molecule has 218 valence electrons. The van der Waals surface area contributed by atoms with Gasteiger partial charge in [-0.2, -0.15) is 0 Å². The summed E-state index contributed by atoms with van der Waals surface area (Å²) < 4.78 is 0. The Balaban J connectivity index is 1.11. The quantitative estimate of drug-likeness (QED) is 0.194. The number of aromatic hydroxyl groups is 2. The summed E-state index contributed by atoms with van der Waals surface area (Å²) in [5, 5.41) is 21.7. The van der Waals surface area contributed by atoms with Gasteiger partial charge in [-0.05, 0) is 111 Å². The highest BCUT2D eigenvalue weighted by Gasteiger charge is 2.21. The Morgan fingerprint density at radius 1 is 0.575 bits per heavy atom. The lowest BCUT2D eigenvalue weighted by molar-refractivity contribution is 0.415. The van der Waals surface area contributed by atoms with Crippen LogP contribution < -0.4 is 0 Å². The van der Waals surface area contributed by atoms with E-state index in [1.807, 2.05) is 24.6 Å². The Hall–Kier alpha value is -2.62. The topological polar surface area (TPSA) is 65.2 Å². The standard InChI is InChI=1S/C36H52N2O2/c1-27-23-31(29-17-11-9-12-18-29)35(39)33(25-27)37-21-15-7-5-3-4-6-8-16-22-38-34-26-28(2)24-32(36(34)40)30-19-13-10-14-20-30/h21-26,29-30,39-40H,3-20H2,1-2H3. The highest BCUT2D eigenvalue weighted by Crippen LogP contribution is 2.43. The van der Waals surface area contributed by atoms with Gasteiger partial charge < -0.3 is 10.2 Å². The Morgan fingerprint density at radius 2 is 0.950 bits per heavy atom. The van der Waals surface area contributed by atoms with Gasteiger partial charge in [0, 0.05) is 12.4 Å². The van der Waals surface area contributed by atoms with Gasteiger partial charge in [0.05, 0.1) is 0 Å². The van der Waals surface area contributed by atoms with Crippen LogP contribution in [0.2, 0.25) is 0 Å². The normalized spacial score (nSPS) is 17.4. The zero-order valence-corrected chi connectivity index (χ0v) is 25.1. The van der Waals surface area contributed by atoms with Crippen molar-refractivity contribution < 1.29 is 10.2 Å². The molecule has 0 spiro atoms. The van der Waals surface area contributed by atoms with Crippen LogP contribution in [0.1, 0.15) is 150 Å². The number of nitrogens with zero attached hydrogens (tertiary/aromatic N) is 2. The summed E-state index contributed by atoms with van der Waals surface area (Å²) in [4.78, 5) is 9.30. The molecule has 4 heteroatoms. The Morgan fingerprint density at radius 3 is 1.35 bits per heavy atom. The van der Waals surface area contributed by atoms with Gasteiger partial charge in [0.25, 0.3) is 0 Å². The fraction of sp³-hybridized carbons (Fsp3) is 0.611. The second-order valence-corrected chi connectivity index (χ2v) is 12.4. The summed E-state index contributed by atoms with van der Waals surface area (Å²) in [6.07, 6.45) is 25.6. The summed E-state index contributed by atoms with van der Waals surface area (Å²) in [6, 6.07) is 8.35. The molecular weight excluding hydrogens is 492 g/mol. The summed E-state index contributed by atoms with van der Waals surface area (Å²) in [6.45, 7) is 4.22. The minimum atomic E-state index is 0.402. The largest absolute Gasteiger partial charge is 0.505 e. The van der Waals surface area contributed by atoms with E-state index in [-0.39, 0.29) is 0 Å². The molecule has 4 nitrogen and oxygen atoms in total. The van der Waals surface area contributed by atoms with Gasteiger partial charge in [-0.15, -0.1) is 0 Å². The number of aliphatic imine (C=N–C) groups is 2. The van der Waals surface area contributed by atoms with Crippen molar-refractivity contribution in [2.24, 2.45) is 9.98 Å². The number of unbranched alkanes of at least 4 members (excludes halogenated alkanes) is 7. The molecule has 2 saturated carbocycles. The van der Waals surface area contributed by atoms with Crippen LogP contribution in [0, 0.1) is 13.8 Å². The number of rotatable bonds is 13. The molecule has 0 bridgehead atoms. The van der Waals surface area contributed by atoms with Crippen LogP contribution in [-0.2, 0) is 0 Å². The summed E-state index contributed by atoms with van der Waals surface area (Å²) >= 11 is 0. The van der Waals surface area contributed by atoms with Crippen molar-refractivity contribution in [2.45, 2.75) is 141 Å². The maximum absolute atomic E-state index is 10.8. The number of hydrogen-bond acceptors (Lipinski definition) is 4. The number of benzene rings is 2. The van der Waals surface area contributed by atoms with Crippen LogP contribution in [0.25, 0.3) is 0 Å². The first-order chi connectivity index (χ1) is 19.5. The maximum atomic E-state index is 10.8. The Labute approximate surface area is 243 Å².